The number of hydrogen-bond donors (Lipinski definition) is 1. The van der Waals surface area contributed by atoms with E-state index in [1.54, 1.807) is 0 Å². The SMILES string of the molecule is N#C[C@H]1C[C@H]2CC[C@@H](O)[C@@H]1N2Cc1ccccc1. The van der Waals surface area contributed by atoms with Crippen LogP contribution in [0.1, 0.15) is 24.8 Å². The summed E-state index contributed by atoms with van der Waals surface area (Å²) >= 11 is 0. The molecule has 0 saturated carbocycles. The topological polar surface area (TPSA) is 47.3 Å². The van der Waals surface area contributed by atoms with Crippen LogP contribution < -0.4 is 0 Å². The average molecular weight is 242 g/mol. The lowest BCUT2D eigenvalue weighted by atomic mass is 9.95. The first kappa shape index (κ1) is 11.7. The molecule has 0 unspecified atom stereocenters. The van der Waals surface area contributed by atoms with Crippen molar-refractivity contribution in [3.05, 3.63) is 35.9 Å². The molecule has 1 N–H and O–H groups in total. The number of benzene rings is 1. The monoisotopic (exact) mass is 242 g/mol. The summed E-state index contributed by atoms with van der Waals surface area (Å²) in [5.74, 6) is -0.00351. The van der Waals surface area contributed by atoms with Gasteiger partial charge in [0.25, 0.3) is 0 Å². The van der Waals surface area contributed by atoms with Crippen molar-refractivity contribution in [1.29, 1.82) is 5.26 Å². The molecule has 94 valence electrons. The maximum Gasteiger partial charge on any atom is 0.0709 e. The molecule has 3 rings (SSSR count). The summed E-state index contributed by atoms with van der Waals surface area (Å²) in [6.45, 7) is 0.853. The van der Waals surface area contributed by atoms with Crippen molar-refractivity contribution < 1.29 is 5.11 Å². The number of aliphatic hydroxyl groups excluding tert-OH is 1. The van der Waals surface area contributed by atoms with Gasteiger partial charge in [-0.1, -0.05) is 30.3 Å². The molecule has 0 amide bonds. The molecule has 2 aliphatic rings. The summed E-state index contributed by atoms with van der Waals surface area (Å²) in [4.78, 5) is 2.34. The van der Waals surface area contributed by atoms with Crippen molar-refractivity contribution >= 4 is 0 Å². The molecular formula is C15H18N2O. The highest BCUT2D eigenvalue weighted by Gasteiger charge is 2.47. The summed E-state index contributed by atoms with van der Waals surface area (Å²) in [7, 11) is 0. The summed E-state index contributed by atoms with van der Waals surface area (Å²) in [6.07, 6.45) is 2.45. The van der Waals surface area contributed by atoms with E-state index in [2.05, 4.69) is 23.1 Å². The van der Waals surface area contributed by atoms with Crippen molar-refractivity contribution in [2.24, 2.45) is 5.92 Å². The minimum Gasteiger partial charge on any atom is -0.391 e. The lowest BCUT2D eigenvalue weighted by molar-refractivity contribution is 0.00315. The predicted octanol–water partition coefficient (Wildman–Crippen LogP) is 1.92. The van der Waals surface area contributed by atoms with Gasteiger partial charge in [0.2, 0.25) is 0 Å². The summed E-state index contributed by atoms with van der Waals surface area (Å²) in [5, 5.41) is 19.4. The Kier molecular flexibility index (Phi) is 3.07. The fourth-order valence-corrected chi connectivity index (χ4v) is 3.51. The molecule has 2 heterocycles. The predicted molar refractivity (Wildman–Crippen MR) is 68.5 cm³/mol. The Labute approximate surface area is 108 Å². The molecule has 2 fully saturated rings. The standard InChI is InChI=1S/C15H18N2O/c16-9-12-8-13-6-7-14(18)15(12)17(13)10-11-4-2-1-3-5-11/h1-5,12-15,18H,6-8,10H2/t12-,13-,14-,15-/m1/s1. The van der Waals surface area contributed by atoms with Crippen molar-refractivity contribution in [3.8, 4) is 6.07 Å². The number of rotatable bonds is 2. The van der Waals surface area contributed by atoms with E-state index in [0.29, 0.717) is 6.04 Å². The first-order valence-electron chi connectivity index (χ1n) is 6.67. The molecule has 0 aromatic heterocycles. The van der Waals surface area contributed by atoms with E-state index < -0.39 is 0 Å². The Hall–Kier alpha value is -1.37. The summed E-state index contributed by atoms with van der Waals surface area (Å²) < 4.78 is 0. The zero-order chi connectivity index (χ0) is 12.5. The third-order valence-electron chi connectivity index (χ3n) is 4.35. The zero-order valence-corrected chi connectivity index (χ0v) is 10.4. The fourth-order valence-electron chi connectivity index (χ4n) is 3.51. The molecule has 2 saturated heterocycles. The van der Waals surface area contributed by atoms with Gasteiger partial charge in [0.15, 0.2) is 0 Å². The van der Waals surface area contributed by atoms with Crippen LogP contribution in [0.2, 0.25) is 0 Å². The number of hydrogen-bond acceptors (Lipinski definition) is 3. The molecule has 18 heavy (non-hydrogen) atoms. The molecule has 2 aliphatic heterocycles. The van der Waals surface area contributed by atoms with Crippen LogP contribution in [-0.4, -0.2) is 28.2 Å². The highest BCUT2D eigenvalue weighted by atomic mass is 16.3. The van der Waals surface area contributed by atoms with E-state index in [-0.39, 0.29) is 18.1 Å². The van der Waals surface area contributed by atoms with Crippen molar-refractivity contribution in [2.45, 2.75) is 44.0 Å². The maximum absolute atomic E-state index is 10.2. The van der Waals surface area contributed by atoms with Gasteiger partial charge >= 0.3 is 0 Å². The highest BCUT2D eigenvalue weighted by molar-refractivity contribution is 5.17. The van der Waals surface area contributed by atoms with Crippen molar-refractivity contribution in [3.63, 3.8) is 0 Å². The second kappa shape index (κ2) is 4.72. The largest absolute Gasteiger partial charge is 0.391 e. The molecule has 3 heteroatoms. The lowest BCUT2D eigenvalue weighted by Gasteiger charge is -2.38. The van der Waals surface area contributed by atoms with Crippen LogP contribution in [0, 0.1) is 17.2 Å². The van der Waals surface area contributed by atoms with Crippen LogP contribution in [0.4, 0.5) is 0 Å². The highest BCUT2D eigenvalue weighted by Crippen LogP contribution is 2.40. The fraction of sp³-hybridized carbons (Fsp3) is 0.533. The molecule has 1 aromatic carbocycles. The van der Waals surface area contributed by atoms with Crippen LogP contribution in [-0.2, 0) is 6.54 Å². The molecular weight excluding hydrogens is 224 g/mol. The van der Waals surface area contributed by atoms with Crippen LogP contribution >= 0.6 is 0 Å². The molecule has 0 spiro atoms. The van der Waals surface area contributed by atoms with Gasteiger partial charge in [0, 0.05) is 12.6 Å². The third-order valence-corrected chi connectivity index (χ3v) is 4.35. The smallest absolute Gasteiger partial charge is 0.0709 e. The Bertz CT molecular complexity index is 453. The molecule has 4 atom stereocenters. The first-order valence-corrected chi connectivity index (χ1v) is 6.67. The van der Waals surface area contributed by atoms with Gasteiger partial charge in [-0.2, -0.15) is 5.26 Å². The van der Waals surface area contributed by atoms with Crippen molar-refractivity contribution in [1.82, 2.24) is 4.90 Å². The quantitative estimate of drug-likeness (QED) is 0.862. The second-order valence-electron chi connectivity index (χ2n) is 5.42. The van der Waals surface area contributed by atoms with Gasteiger partial charge in [-0.3, -0.25) is 4.90 Å². The molecule has 3 nitrogen and oxygen atoms in total. The lowest BCUT2D eigenvalue weighted by Crippen LogP contribution is -2.48. The minimum atomic E-state index is -0.336. The van der Waals surface area contributed by atoms with Crippen LogP contribution in [0.15, 0.2) is 30.3 Å². The minimum absolute atomic E-state index is 0.00351. The van der Waals surface area contributed by atoms with Crippen LogP contribution in [0.5, 0.6) is 0 Å². The van der Waals surface area contributed by atoms with Gasteiger partial charge in [-0.15, -0.1) is 0 Å². The Morgan fingerprint density at radius 3 is 2.78 bits per heavy atom. The van der Waals surface area contributed by atoms with Gasteiger partial charge in [-0.05, 0) is 24.8 Å². The Morgan fingerprint density at radius 1 is 1.28 bits per heavy atom. The molecule has 2 bridgehead atoms. The van der Waals surface area contributed by atoms with E-state index in [4.69, 9.17) is 0 Å². The van der Waals surface area contributed by atoms with E-state index in [9.17, 15) is 10.4 Å². The maximum atomic E-state index is 10.2. The van der Waals surface area contributed by atoms with Gasteiger partial charge in [0.1, 0.15) is 0 Å². The number of aliphatic hydroxyl groups is 1. The number of fused-ring (bicyclic) bond motifs is 2. The second-order valence-corrected chi connectivity index (χ2v) is 5.42. The van der Waals surface area contributed by atoms with Gasteiger partial charge in [0.05, 0.1) is 24.1 Å². The van der Waals surface area contributed by atoms with E-state index in [0.717, 1.165) is 25.8 Å². The summed E-state index contributed by atoms with van der Waals surface area (Å²) in [5.41, 5.74) is 1.26. The Morgan fingerprint density at radius 2 is 2.06 bits per heavy atom. The normalized spacial score (nSPS) is 35.3. The van der Waals surface area contributed by atoms with Gasteiger partial charge < -0.3 is 5.11 Å². The van der Waals surface area contributed by atoms with E-state index in [1.807, 2.05) is 18.2 Å². The average Bonchev–Trinajstić information content (AvgIpc) is 2.65. The number of nitriles is 1. The third kappa shape index (κ3) is 1.92. The number of piperidine rings is 1. The van der Waals surface area contributed by atoms with Crippen LogP contribution in [0.25, 0.3) is 0 Å². The molecule has 0 aliphatic carbocycles. The molecule has 1 aromatic rings. The van der Waals surface area contributed by atoms with Crippen molar-refractivity contribution in [2.75, 3.05) is 0 Å². The van der Waals surface area contributed by atoms with Crippen LogP contribution in [0.3, 0.4) is 0 Å². The first-order chi connectivity index (χ1) is 8.79. The number of nitrogens with zero attached hydrogens (tertiary/aromatic N) is 2. The van der Waals surface area contributed by atoms with E-state index >= 15 is 0 Å². The van der Waals surface area contributed by atoms with E-state index in [1.165, 1.54) is 5.56 Å². The van der Waals surface area contributed by atoms with Gasteiger partial charge in [-0.25, -0.2) is 0 Å². The Balaban J connectivity index is 1.82. The molecule has 0 radical (unpaired) electrons. The summed E-state index contributed by atoms with van der Waals surface area (Å²) in [6, 6.07) is 13.2. The zero-order valence-electron chi connectivity index (χ0n) is 10.4.